The average Bonchev–Trinajstić information content (AvgIpc) is 2.82. The molecule has 2 nitrogen and oxygen atoms in total. The number of likely N-dealkylation sites (N-methyl/N-ethyl adjacent to an activating group) is 1. The van der Waals surface area contributed by atoms with Crippen LogP contribution in [0.4, 0.5) is 5.69 Å². The van der Waals surface area contributed by atoms with Gasteiger partial charge in [0.05, 0.1) is 0 Å². The van der Waals surface area contributed by atoms with E-state index in [1.165, 1.54) is 4.88 Å². The predicted octanol–water partition coefficient (Wildman–Crippen LogP) is 3.95. The highest BCUT2D eigenvalue weighted by Crippen LogP contribution is 2.14. The second kappa shape index (κ2) is 6.78. The second-order valence-corrected chi connectivity index (χ2v) is 5.72. The molecule has 1 aromatic heterocycles. The topological polar surface area (TPSA) is 15.3 Å². The summed E-state index contributed by atoms with van der Waals surface area (Å²) in [6.45, 7) is 2.93. The summed E-state index contributed by atoms with van der Waals surface area (Å²) in [7, 11) is 2.14. The number of halogens is 1. The molecular weight excluding hydrogens is 264 g/mol. The van der Waals surface area contributed by atoms with Gasteiger partial charge in [0, 0.05) is 35.2 Å². The van der Waals surface area contributed by atoms with Gasteiger partial charge in [-0.3, -0.25) is 4.90 Å². The molecule has 0 unspecified atom stereocenters. The van der Waals surface area contributed by atoms with E-state index in [2.05, 4.69) is 34.8 Å². The third-order valence-corrected chi connectivity index (χ3v) is 3.75. The summed E-state index contributed by atoms with van der Waals surface area (Å²) < 4.78 is 0. The number of hydrogen-bond donors (Lipinski definition) is 1. The summed E-state index contributed by atoms with van der Waals surface area (Å²) in [5.41, 5.74) is 1.08. The van der Waals surface area contributed by atoms with Crippen LogP contribution in [0, 0.1) is 0 Å². The molecule has 4 heteroatoms. The van der Waals surface area contributed by atoms with Gasteiger partial charge >= 0.3 is 0 Å². The van der Waals surface area contributed by atoms with Crippen LogP contribution in [0.3, 0.4) is 0 Å². The van der Waals surface area contributed by atoms with Crippen molar-refractivity contribution in [1.82, 2.24) is 4.90 Å². The molecule has 0 aliphatic rings. The third kappa shape index (κ3) is 4.33. The van der Waals surface area contributed by atoms with Gasteiger partial charge in [0.15, 0.2) is 0 Å². The Balaban J connectivity index is 1.72. The number of nitrogens with zero attached hydrogens (tertiary/aromatic N) is 1. The van der Waals surface area contributed by atoms with E-state index in [-0.39, 0.29) is 0 Å². The van der Waals surface area contributed by atoms with Crippen molar-refractivity contribution in [1.29, 1.82) is 0 Å². The fourth-order valence-electron chi connectivity index (χ4n) is 1.74. The maximum Gasteiger partial charge on any atom is 0.0426 e. The lowest BCUT2D eigenvalue weighted by atomic mass is 10.3. The zero-order chi connectivity index (χ0) is 12.8. The molecule has 0 saturated carbocycles. The lowest BCUT2D eigenvalue weighted by Crippen LogP contribution is -2.24. The van der Waals surface area contributed by atoms with E-state index in [9.17, 15) is 0 Å². The average molecular weight is 281 g/mol. The van der Waals surface area contributed by atoms with Crippen LogP contribution in [0.15, 0.2) is 41.8 Å². The fraction of sp³-hybridized carbons (Fsp3) is 0.286. The number of thiophene rings is 1. The number of nitrogens with one attached hydrogen (secondary N) is 1. The van der Waals surface area contributed by atoms with Crippen LogP contribution in [0.5, 0.6) is 0 Å². The van der Waals surface area contributed by atoms with Crippen molar-refractivity contribution in [3.05, 3.63) is 51.7 Å². The molecule has 0 spiro atoms. The first-order valence-electron chi connectivity index (χ1n) is 5.94. The molecule has 0 aliphatic heterocycles. The van der Waals surface area contributed by atoms with Crippen molar-refractivity contribution in [2.45, 2.75) is 6.54 Å². The van der Waals surface area contributed by atoms with Gasteiger partial charge in [-0.05, 0) is 36.7 Å². The van der Waals surface area contributed by atoms with Gasteiger partial charge in [-0.15, -0.1) is 11.3 Å². The minimum atomic E-state index is 0.770. The third-order valence-electron chi connectivity index (χ3n) is 2.65. The van der Waals surface area contributed by atoms with Gasteiger partial charge < -0.3 is 5.32 Å². The van der Waals surface area contributed by atoms with Gasteiger partial charge in [0.2, 0.25) is 0 Å². The lowest BCUT2D eigenvalue weighted by Gasteiger charge is -2.16. The molecule has 0 radical (unpaired) electrons. The van der Waals surface area contributed by atoms with Crippen LogP contribution in [0.25, 0.3) is 0 Å². The standard InChI is InChI=1S/C14H17ClN2S/c1-17(11-14-6-3-9-18-14)8-7-16-13-5-2-4-12(15)10-13/h2-6,9-10,16H,7-8,11H2,1H3. The van der Waals surface area contributed by atoms with Crippen LogP contribution in [-0.4, -0.2) is 25.0 Å². The van der Waals surface area contributed by atoms with E-state index in [1.54, 1.807) is 11.3 Å². The first kappa shape index (κ1) is 13.4. The number of anilines is 1. The Morgan fingerprint density at radius 2 is 2.17 bits per heavy atom. The van der Waals surface area contributed by atoms with Crippen LogP contribution >= 0.6 is 22.9 Å². The summed E-state index contributed by atoms with van der Waals surface area (Å²) >= 11 is 7.74. The maximum atomic E-state index is 5.93. The van der Waals surface area contributed by atoms with Gasteiger partial charge in [-0.1, -0.05) is 23.7 Å². The Kier molecular flexibility index (Phi) is 5.05. The molecule has 0 saturated heterocycles. The molecular formula is C14H17ClN2S. The van der Waals surface area contributed by atoms with Gasteiger partial charge in [-0.25, -0.2) is 0 Å². The molecule has 0 aliphatic carbocycles. The predicted molar refractivity (Wildman–Crippen MR) is 80.6 cm³/mol. The van der Waals surface area contributed by atoms with Crippen molar-refractivity contribution in [3.8, 4) is 0 Å². The Labute approximate surface area is 117 Å². The zero-order valence-corrected chi connectivity index (χ0v) is 12.0. The van der Waals surface area contributed by atoms with Crippen molar-refractivity contribution >= 4 is 28.6 Å². The van der Waals surface area contributed by atoms with Crippen LogP contribution in [-0.2, 0) is 6.54 Å². The Bertz CT molecular complexity index is 470. The molecule has 0 bridgehead atoms. The van der Waals surface area contributed by atoms with Crippen molar-refractivity contribution in [2.24, 2.45) is 0 Å². The highest BCUT2D eigenvalue weighted by molar-refractivity contribution is 7.09. The highest BCUT2D eigenvalue weighted by atomic mass is 35.5. The van der Waals surface area contributed by atoms with E-state index < -0.39 is 0 Å². The second-order valence-electron chi connectivity index (χ2n) is 4.25. The monoisotopic (exact) mass is 280 g/mol. The Morgan fingerprint density at radius 1 is 1.28 bits per heavy atom. The molecule has 1 aromatic carbocycles. The summed E-state index contributed by atoms with van der Waals surface area (Å²) in [6.07, 6.45) is 0. The molecule has 18 heavy (non-hydrogen) atoms. The highest BCUT2D eigenvalue weighted by Gasteiger charge is 2.01. The number of rotatable bonds is 6. The zero-order valence-electron chi connectivity index (χ0n) is 10.4. The molecule has 2 aromatic rings. The molecule has 1 heterocycles. The van der Waals surface area contributed by atoms with E-state index in [1.807, 2.05) is 24.3 Å². The maximum absolute atomic E-state index is 5.93. The van der Waals surface area contributed by atoms with Gasteiger partial charge in [0.25, 0.3) is 0 Å². The largest absolute Gasteiger partial charge is 0.384 e. The van der Waals surface area contributed by atoms with Gasteiger partial charge in [-0.2, -0.15) is 0 Å². The van der Waals surface area contributed by atoms with Crippen LogP contribution < -0.4 is 5.32 Å². The summed E-state index contributed by atoms with van der Waals surface area (Å²) in [5.74, 6) is 0. The quantitative estimate of drug-likeness (QED) is 0.862. The van der Waals surface area contributed by atoms with E-state index in [4.69, 9.17) is 11.6 Å². The Morgan fingerprint density at radius 3 is 2.89 bits per heavy atom. The van der Waals surface area contributed by atoms with Crippen LogP contribution in [0.2, 0.25) is 5.02 Å². The van der Waals surface area contributed by atoms with E-state index in [0.29, 0.717) is 0 Å². The van der Waals surface area contributed by atoms with Gasteiger partial charge in [0.1, 0.15) is 0 Å². The lowest BCUT2D eigenvalue weighted by molar-refractivity contribution is 0.343. The van der Waals surface area contributed by atoms with Crippen molar-refractivity contribution in [3.63, 3.8) is 0 Å². The molecule has 1 N–H and O–H groups in total. The molecule has 0 atom stereocenters. The summed E-state index contributed by atoms with van der Waals surface area (Å²) in [6, 6.07) is 12.1. The van der Waals surface area contributed by atoms with E-state index in [0.717, 1.165) is 30.3 Å². The SMILES string of the molecule is CN(CCNc1cccc(Cl)c1)Cc1cccs1. The van der Waals surface area contributed by atoms with Crippen molar-refractivity contribution < 1.29 is 0 Å². The smallest absolute Gasteiger partial charge is 0.0426 e. The molecule has 0 amide bonds. The summed E-state index contributed by atoms with van der Waals surface area (Å²) in [5, 5.41) is 6.26. The first-order chi connectivity index (χ1) is 8.74. The summed E-state index contributed by atoms with van der Waals surface area (Å²) in [4.78, 5) is 3.71. The minimum Gasteiger partial charge on any atom is -0.384 e. The number of hydrogen-bond acceptors (Lipinski definition) is 3. The molecule has 0 fully saturated rings. The molecule has 2 rings (SSSR count). The first-order valence-corrected chi connectivity index (χ1v) is 7.20. The van der Waals surface area contributed by atoms with E-state index >= 15 is 0 Å². The number of benzene rings is 1. The van der Waals surface area contributed by atoms with Crippen molar-refractivity contribution in [2.75, 3.05) is 25.5 Å². The normalized spacial score (nSPS) is 10.8. The van der Waals surface area contributed by atoms with Crippen LogP contribution in [0.1, 0.15) is 4.88 Å². The molecule has 96 valence electrons. The Hall–Kier alpha value is -1.03. The fourth-order valence-corrected chi connectivity index (χ4v) is 2.71. The minimum absolute atomic E-state index is 0.770.